The van der Waals surface area contributed by atoms with E-state index >= 15 is 0 Å². The first-order valence-corrected chi connectivity index (χ1v) is 6.21. The summed E-state index contributed by atoms with van der Waals surface area (Å²) in [6.07, 6.45) is 3.13. The molecule has 2 saturated heterocycles. The second-order valence-corrected chi connectivity index (χ2v) is 6.70. The minimum absolute atomic E-state index is 0.327. The molecular weight excluding hydrogens is 186 g/mol. The van der Waals surface area contributed by atoms with E-state index in [4.69, 9.17) is 4.74 Å². The molecule has 2 rings (SSSR count). The topological polar surface area (TPSA) is 15.8 Å². The molecule has 0 radical (unpaired) electrons. The quantitative estimate of drug-likeness (QED) is 0.653. The molecule has 0 N–H and O–H groups in total. The monoisotopic (exact) mass is 211 g/mol. The Kier molecular flexibility index (Phi) is 2.63. The number of epoxide rings is 1. The van der Waals surface area contributed by atoms with E-state index in [1.165, 1.54) is 12.8 Å². The summed E-state index contributed by atoms with van der Waals surface area (Å²) in [5, 5.41) is 0. The van der Waals surface area contributed by atoms with Crippen LogP contribution in [0.15, 0.2) is 0 Å². The SMILES string of the molecule is CC1CC(C)(C)N(CC2CO2)C(C)(C)C1. The largest absolute Gasteiger partial charge is 0.372 e. The van der Waals surface area contributed by atoms with E-state index in [2.05, 4.69) is 39.5 Å². The Hall–Kier alpha value is -0.0800. The number of nitrogens with zero attached hydrogens (tertiary/aromatic N) is 1. The third kappa shape index (κ3) is 2.36. The van der Waals surface area contributed by atoms with Crippen LogP contribution in [0, 0.1) is 5.92 Å². The van der Waals surface area contributed by atoms with Crippen molar-refractivity contribution in [1.82, 2.24) is 4.90 Å². The van der Waals surface area contributed by atoms with Gasteiger partial charge < -0.3 is 4.74 Å². The predicted octanol–water partition coefficient (Wildman–Crippen LogP) is 2.67. The standard InChI is InChI=1S/C13H25NO/c1-10-6-12(2,3)14(8-11-9-15-11)13(4,5)7-10/h10-11H,6-9H2,1-5H3. The van der Waals surface area contributed by atoms with E-state index in [1.807, 2.05) is 0 Å². The second kappa shape index (κ2) is 3.46. The van der Waals surface area contributed by atoms with Gasteiger partial charge in [-0.1, -0.05) is 6.92 Å². The van der Waals surface area contributed by atoms with Crippen molar-refractivity contribution >= 4 is 0 Å². The van der Waals surface area contributed by atoms with Gasteiger partial charge in [0.1, 0.15) is 0 Å². The first-order valence-electron chi connectivity index (χ1n) is 6.21. The lowest BCUT2D eigenvalue weighted by Gasteiger charge is -2.55. The lowest BCUT2D eigenvalue weighted by atomic mass is 9.74. The Morgan fingerprint density at radius 3 is 2.00 bits per heavy atom. The highest BCUT2D eigenvalue weighted by molar-refractivity contribution is 5.00. The van der Waals surface area contributed by atoms with Gasteiger partial charge in [-0.2, -0.15) is 0 Å². The van der Waals surface area contributed by atoms with Gasteiger partial charge in [-0.05, 0) is 46.5 Å². The number of hydrogen-bond acceptors (Lipinski definition) is 2. The van der Waals surface area contributed by atoms with Crippen LogP contribution in [0.25, 0.3) is 0 Å². The van der Waals surface area contributed by atoms with Crippen molar-refractivity contribution in [3.8, 4) is 0 Å². The molecule has 0 amide bonds. The Morgan fingerprint density at radius 1 is 1.13 bits per heavy atom. The van der Waals surface area contributed by atoms with Crippen LogP contribution in [-0.2, 0) is 4.74 Å². The fourth-order valence-corrected chi connectivity index (χ4v) is 3.69. The first-order chi connectivity index (χ1) is 6.81. The summed E-state index contributed by atoms with van der Waals surface area (Å²) in [6, 6.07) is 0. The van der Waals surface area contributed by atoms with Crippen molar-refractivity contribution in [2.75, 3.05) is 13.2 Å². The third-order valence-corrected chi connectivity index (χ3v) is 3.95. The average Bonchev–Trinajstić information content (AvgIpc) is 2.76. The van der Waals surface area contributed by atoms with Gasteiger partial charge in [-0.15, -0.1) is 0 Å². The van der Waals surface area contributed by atoms with E-state index in [0.717, 1.165) is 19.1 Å². The average molecular weight is 211 g/mol. The molecule has 0 saturated carbocycles. The summed E-state index contributed by atoms with van der Waals surface area (Å²) in [6.45, 7) is 14.0. The van der Waals surface area contributed by atoms with E-state index < -0.39 is 0 Å². The maximum atomic E-state index is 5.38. The van der Waals surface area contributed by atoms with Gasteiger partial charge in [0.2, 0.25) is 0 Å². The Balaban J connectivity index is 2.13. The molecule has 15 heavy (non-hydrogen) atoms. The molecule has 0 spiro atoms. The summed E-state index contributed by atoms with van der Waals surface area (Å²) in [5.74, 6) is 0.839. The van der Waals surface area contributed by atoms with Crippen LogP contribution in [-0.4, -0.2) is 35.2 Å². The second-order valence-electron chi connectivity index (χ2n) is 6.70. The molecule has 2 aliphatic heterocycles. The van der Waals surface area contributed by atoms with E-state index in [0.29, 0.717) is 17.2 Å². The summed E-state index contributed by atoms with van der Waals surface area (Å²) < 4.78 is 5.38. The molecule has 0 aromatic carbocycles. The highest BCUT2D eigenvalue weighted by atomic mass is 16.6. The van der Waals surface area contributed by atoms with Crippen molar-refractivity contribution in [3.05, 3.63) is 0 Å². The van der Waals surface area contributed by atoms with Crippen molar-refractivity contribution in [2.24, 2.45) is 5.92 Å². The number of likely N-dealkylation sites (tertiary alicyclic amines) is 1. The Bertz CT molecular complexity index is 225. The van der Waals surface area contributed by atoms with Crippen molar-refractivity contribution in [2.45, 2.75) is 64.6 Å². The zero-order valence-corrected chi connectivity index (χ0v) is 10.8. The van der Waals surface area contributed by atoms with Gasteiger partial charge in [-0.3, -0.25) is 4.90 Å². The van der Waals surface area contributed by atoms with Crippen LogP contribution in [0.4, 0.5) is 0 Å². The van der Waals surface area contributed by atoms with Crippen LogP contribution in [0.2, 0.25) is 0 Å². The lowest BCUT2D eigenvalue weighted by molar-refractivity contribution is -0.0511. The van der Waals surface area contributed by atoms with E-state index in [1.54, 1.807) is 0 Å². The summed E-state index contributed by atoms with van der Waals surface area (Å²) in [4.78, 5) is 2.66. The number of hydrogen-bond donors (Lipinski definition) is 0. The molecule has 1 unspecified atom stereocenters. The minimum atomic E-state index is 0.327. The van der Waals surface area contributed by atoms with Gasteiger partial charge in [0, 0.05) is 17.6 Å². The fourth-order valence-electron chi connectivity index (χ4n) is 3.69. The van der Waals surface area contributed by atoms with Gasteiger partial charge in [-0.25, -0.2) is 0 Å². The van der Waals surface area contributed by atoms with Crippen LogP contribution in [0.1, 0.15) is 47.5 Å². The molecule has 2 heteroatoms. The summed E-state index contributed by atoms with van der Waals surface area (Å²) in [7, 11) is 0. The molecular formula is C13H25NO. The van der Waals surface area contributed by atoms with Crippen LogP contribution < -0.4 is 0 Å². The van der Waals surface area contributed by atoms with Crippen molar-refractivity contribution < 1.29 is 4.74 Å². The normalized spacial score (nSPS) is 35.4. The molecule has 0 aromatic rings. The summed E-state index contributed by atoms with van der Waals surface area (Å²) >= 11 is 0. The van der Waals surface area contributed by atoms with Crippen molar-refractivity contribution in [1.29, 1.82) is 0 Å². The van der Waals surface area contributed by atoms with E-state index in [9.17, 15) is 0 Å². The smallest absolute Gasteiger partial charge is 0.0936 e. The maximum absolute atomic E-state index is 5.38. The Morgan fingerprint density at radius 2 is 1.60 bits per heavy atom. The molecule has 1 atom stereocenters. The Labute approximate surface area is 94.0 Å². The minimum Gasteiger partial charge on any atom is -0.372 e. The van der Waals surface area contributed by atoms with E-state index in [-0.39, 0.29) is 0 Å². The molecule has 0 aliphatic carbocycles. The van der Waals surface area contributed by atoms with Gasteiger partial charge in [0.05, 0.1) is 12.7 Å². The zero-order chi connectivity index (χ0) is 11.3. The molecule has 2 fully saturated rings. The number of piperidine rings is 1. The van der Waals surface area contributed by atoms with Gasteiger partial charge in [0.25, 0.3) is 0 Å². The lowest BCUT2D eigenvalue weighted by Crippen LogP contribution is -2.61. The highest BCUT2D eigenvalue weighted by Gasteiger charge is 2.45. The molecule has 2 nitrogen and oxygen atoms in total. The number of ether oxygens (including phenoxy) is 1. The molecule has 2 aliphatic rings. The van der Waals surface area contributed by atoms with Gasteiger partial charge in [0.15, 0.2) is 0 Å². The maximum Gasteiger partial charge on any atom is 0.0936 e. The van der Waals surface area contributed by atoms with Crippen LogP contribution >= 0.6 is 0 Å². The molecule has 2 heterocycles. The predicted molar refractivity (Wildman–Crippen MR) is 63.0 cm³/mol. The van der Waals surface area contributed by atoms with Crippen molar-refractivity contribution in [3.63, 3.8) is 0 Å². The third-order valence-electron chi connectivity index (χ3n) is 3.95. The molecule has 0 aromatic heterocycles. The van der Waals surface area contributed by atoms with Crippen LogP contribution in [0.5, 0.6) is 0 Å². The van der Waals surface area contributed by atoms with Gasteiger partial charge >= 0.3 is 0 Å². The number of rotatable bonds is 2. The highest BCUT2D eigenvalue weighted by Crippen LogP contribution is 2.41. The van der Waals surface area contributed by atoms with Crippen LogP contribution in [0.3, 0.4) is 0 Å². The first kappa shape index (κ1) is 11.4. The zero-order valence-electron chi connectivity index (χ0n) is 10.8. The fraction of sp³-hybridized carbons (Fsp3) is 1.00. The summed E-state index contributed by atoms with van der Waals surface area (Å²) in [5.41, 5.74) is 0.653. The molecule has 0 bridgehead atoms. The molecule has 88 valence electrons.